The van der Waals surface area contributed by atoms with Crippen LogP contribution in [-0.4, -0.2) is 9.67 Å². The number of rotatable bonds is 4. The number of aromatic hydroxyl groups is 1. The molecule has 130 valence electrons. The van der Waals surface area contributed by atoms with Crippen molar-refractivity contribution in [1.82, 2.24) is 4.57 Å². The minimum Gasteiger partial charge on any atom is -0.508 e. The first-order valence-electron chi connectivity index (χ1n) is 9.11. The minimum absolute atomic E-state index is 0.00949. The van der Waals surface area contributed by atoms with E-state index in [4.69, 9.17) is 0 Å². The largest absolute Gasteiger partial charge is 0.508 e. The molecule has 2 heteroatoms. The maximum absolute atomic E-state index is 10.6. The predicted molar refractivity (Wildman–Crippen MR) is 108 cm³/mol. The zero-order valence-corrected chi connectivity index (χ0v) is 15.2. The molecule has 1 unspecified atom stereocenters. The molecule has 1 aromatic heterocycles. The van der Waals surface area contributed by atoms with Gasteiger partial charge < -0.3 is 9.67 Å². The molecule has 0 aliphatic heterocycles. The van der Waals surface area contributed by atoms with Gasteiger partial charge in [0.15, 0.2) is 0 Å². The molecular weight excluding hydrogens is 318 g/mol. The first-order chi connectivity index (χ1) is 12.7. The van der Waals surface area contributed by atoms with Crippen molar-refractivity contribution in [2.24, 2.45) is 7.05 Å². The third kappa shape index (κ3) is 2.59. The number of benzene rings is 3. The van der Waals surface area contributed by atoms with Gasteiger partial charge in [-0.3, -0.25) is 0 Å². The predicted octanol–water partition coefficient (Wildman–Crippen LogP) is 5.63. The average molecular weight is 341 g/mol. The lowest BCUT2D eigenvalue weighted by Crippen LogP contribution is -2.10. The van der Waals surface area contributed by atoms with Gasteiger partial charge in [0.25, 0.3) is 0 Å². The first kappa shape index (κ1) is 16.5. The normalized spacial score (nSPS) is 12.4. The molecule has 0 radical (unpaired) electrons. The Hall–Kier alpha value is -3.00. The van der Waals surface area contributed by atoms with Crippen molar-refractivity contribution in [3.8, 4) is 5.75 Å². The maximum atomic E-state index is 10.6. The molecule has 0 saturated heterocycles. The van der Waals surface area contributed by atoms with Crippen LogP contribution >= 0.6 is 0 Å². The summed E-state index contributed by atoms with van der Waals surface area (Å²) in [5, 5.41) is 11.9. The molecule has 1 N–H and O–H groups in total. The monoisotopic (exact) mass is 341 g/mol. The molecule has 1 atom stereocenters. The van der Waals surface area contributed by atoms with Crippen molar-refractivity contribution in [2.75, 3.05) is 0 Å². The quantitative estimate of drug-likeness (QED) is 0.511. The van der Waals surface area contributed by atoms with Gasteiger partial charge in [-0.2, -0.15) is 0 Å². The van der Waals surface area contributed by atoms with Gasteiger partial charge in [-0.15, -0.1) is 0 Å². The second kappa shape index (κ2) is 6.72. The van der Waals surface area contributed by atoms with E-state index in [0.29, 0.717) is 5.75 Å². The minimum atomic E-state index is -0.00949. The fourth-order valence-electron chi connectivity index (χ4n) is 4.09. The number of nitrogens with zero attached hydrogens (tertiary/aromatic N) is 1. The number of aromatic nitrogens is 1. The van der Waals surface area contributed by atoms with Crippen LogP contribution in [0.15, 0.2) is 78.9 Å². The van der Waals surface area contributed by atoms with E-state index in [2.05, 4.69) is 67.1 Å². The van der Waals surface area contributed by atoms with Gasteiger partial charge in [0.2, 0.25) is 0 Å². The van der Waals surface area contributed by atoms with E-state index < -0.39 is 0 Å². The highest BCUT2D eigenvalue weighted by molar-refractivity contribution is 5.86. The molecule has 0 bridgehead atoms. The lowest BCUT2D eigenvalue weighted by molar-refractivity contribution is 0.466. The van der Waals surface area contributed by atoms with Gasteiger partial charge in [-0.1, -0.05) is 73.7 Å². The second-order valence-corrected chi connectivity index (χ2v) is 6.70. The Morgan fingerprint density at radius 2 is 1.50 bits per heavy atom. The van der Waals surface area contributed by atoms with Gasteiger partial charge >= 0.3 is 0 Å². The van der Waals surface area contributed by atoms with Crippen molar-refractivity contribution >= 4 is 10.9 Å². The summed E-state index contributed by atoms with van der Waals surface area (Å²) in [5.41, 5.74) is 5.96. The highest BCUT2D eigenvalue weighted by atomic mass is 16.3. The Bertz CT molecular complexity index is 1050. The van der Waals surface area contributed by atoms with Crippen LogP contribution < -0.4 is 0 Å². The van der Waals surface area contributed by atoms with E-state index >= 15 is 0 Å². The Kier molecular flexibility index (Phi) is 4.26. The molecule has 0 aliphatic carbocycles. The van der Waals surface area contributed by atoms with E-state index in [1.807, 2.05) is 24.3 Å². The molecule has 1 heterocycles. The molecule has 0 fully saturated rings. The molecule has 2 nitrogen and oxygen atoms in total. The number of aryl methyl sites for hydroxylation is 2. The smallest absolute Gasteiger partial charge is 0.119 e. The van der Waals surface area contributed by atoms with E-state index in [1.54, 1.807) is 6.07 Å². The molecule has 4 aromatic rings. The summed E-state index contributed by atoms with van der Waals surface area (Å²) in [5.74, 6) is 0.332. The van der Waals surface area contributed by atoms with Crippen LogP contribution in [0.3, 0.4) is 0 Å². The van der Waals surface area contributed by atoms with Crippen molar-refractivity contribution in [3.63, 3.8) is 0 Å². The number of hydrogen-bond acceptors (Lipinski definition) is 1. The SMILES string of the molecule is CCc1c(C(c2ccccc2)c2ccccc2O)n(C)c2ccccc12. The molecule has 4 rings (SSSR count). The average Bonchev–Trinajstić information content (AvgIpc) is 2.97. The van der Waals surface area contributed by atoms with Crippen LogP contribution in [0.2, 0.25) is 0 Å². The standard InChI is InChI=1S/C24H23NO/c1-3-18-19-13-7-9-15-21(19)25(2)24(18)23(17-11-5-4-6-12-17)20-14-8-10-16-22(20)26/h4-16,23,26H,3H2,1-2H3. The third-order valence-electron chi connectivity index (χ3n) is 5.27. The molecule has 0 saturated carbocycles. The lowest BCUT2D eigenvalue weighted by atomic mass is 9.85. The van der Waals surface area contributed by atoms with Gasteiger partial charge in [0, 0.05) is 29.2 Å². The maximum Gasteiger partial charge on any atom is 0.119 e. The van der Waals surface area contributed by atoms with Crippen LogP contribution in [0.25, 0.3) is 10.9 Å². The lowest BCUT2D eigenvalue weighted by Gasteiger charge is -2.22. The highest BCUT2D eigenvalue weighted by Crippen LogP contribution is 2.41. The van der Waals surface area contributed by atoms with Gasteiger partial charge in [0.1, 0.15) is 5.75 Å². The highest BCUT2D eigenvalue weighted by Gasteiger charge is 2.26. The molecule has 0 amide bonds. The summed E-state index contributed by atoms with van der Waals surface area (Å²) >= 11 is 0. The molecule has 0 aliphatic rings. The van der Waals surface area contributed by atoms with Gasteiger partial charge in [-0.05, 0) is 29.7 Å². The van der Waals surface area contributed by atoms with Crippen LogP contribution in [-0.2, 0) is 13.5 Å². The third-order valence-corrected chi connectivity index (χ3v) is 5.27. The van der Waals surface area contributed by atoms with E-state index in [0.717, 1.165) is 12.0 Å². The topological polar surface area (TPSA) is 25.2 Å². The van der Waals surface area contributed by atoms with Crippen molar-refractivity contribution in [3.05, 3.63) is 101 Å². The Morgan fingerprint density at radius 1 is 0.846 bits per heavy atom. The summed E-state index contributed by atoms with van der Waals surface area (Å²) in [6, 6.07) is 26.7. The number of fused-ring (bicyclic) bond motifs is 1. The summed E-state index contributed by atoms with van der Waals surface area (Å²) < 4.78 is 2.29. The summed E-state index contributed by atoms with van der Waals surface area (Å²) in [6.07, 6.45) is 0.952. The number of phenols is 1. The fourth-order valence-corrected chi connectivity index (χ4v) is 4.09. The van der Waals surface area contributed by atoms with E-state index in [9.17, 15) is 5.11 Å². The molecule has 0 spiro atoms. The summed E-state index contributed by atoms with van der Waals surface area (Å²) in [6.45, 7) is 2.21. The van der Waals surface area contributed by atoms with Gasteiger partial charge in [-0.25, -0.2) is 0 Å². The Morgan fingerprint density at radius 3 is 2.23 bits per heavy atom. The zero-order chi connectivity index (χ0) is 18.1. The summed E-state index contributed by atoms with van der Waals surface area (Å²) in [4.78, 5) is 0. The van der Waals surface area contributed by atoms with E-state index in [1.165, 1.54) is 27.7 Å². The second-order valence-electron chi connectivity index (χ2n) is 6.70. The van der Waals surface area contributed by atoms with Crippen LogP contribution in [0.1, 0.15) is 35.2 Å². The molecular formula is C24H23NO. The fraction of sp³-hybridized carbons (Fsp3) is 0.167. The molecule has 3 aromatic carbocycles. The Labute approximate surface area is 154 Å². The summed E-state index contributed by atoms with van der Waals surface area (Å²) in [7, 11) is 2.13. The van der Waals surface area contributed by atoms with Crippen molar-refractivity contribution < 1.29 is 5.11 Å². The zero-order valence-electron chi connectivity index (χ0n) is 15.2. The van der Waals surface area contributed by atoms with Crippen LogP contribution in [0.5, 0.6) is 5.75 Å². The van der Waals surface area contributed by atoms with E-state index in [-0.39, 0.29) is 5.92 Å². The first-order valence-corrected chi connectivity index (χ1v) is 9.11. The van der Waals surface area contributed by atoms with Crippen molar-refractivity contribution in [2.45, 2.75) is 19.3 Å². The molecule has 26 heavy (non-hydrogen) atoms. The van der Waals surface area contributed by atoms with Crippen molar-refractivity contribution in [1.29, 1.82) is 0 Å². The van der Waals surface area contributed by atoms with Crippen LogP contribution in [0.4, 0.5) is 0 Å². The van der Waals surface area contributed by atoms with Gasteiger partial charge in [0.05, 0.1) is 5.92 Å². The number of para-hydroxylation sites is 2. The Balaban J connectivity index is 2.07. The van der Waals surface area contributed by atoms with Crippen LogP contribution in [0, 0.1) is 0 Å². The number of phenolic OH excluding ortho intramolecular Hbond substituents is 1. The number of hydrogen-bond donors (Lipinski definition) is 1.